The number of fused-ring (bicyclic) bond motifs is 2. The van der Waals surface area contributed by atoms with Gasteiger partial charge < -0.3 is 21.3 Å². The number of nitrogens with one attached hydrogen (secondary N) is 2. The number of aryl methyl sites for hydroxylation is 1. The average molecular weight is 466 g/mol. The molecule has 0 aliphatic heterocycles. The summed E-state index contributed by atoms with van der Waals surface area (Å²) in [5.74, 6) is 0.185. The molecule has 3 rings (SSSR count). The summed E-state index contributed by atoms with van der Waals surface area (Å²) >= 11 is 0. The van der Waals surface area contributed by atoms with Gasteiger partial charge in [0.1, 0.15) is 6.54 Å². The Bertz CT molecular complexity index is 1080. The number of nitrogens with zero attached hydrogens (tertiary/aromatic N) is 2. The summed E-state index contributed by atoms with van der Waals surface area (Å²) in [6.45, 7) is 3.57. The first-order chi connectivity index (χ1) is 16.5. The Morgan fingerprint density at radius 1 is 0.912 bits per heavy atom. The molecule has 0 aliphatic carbocycles. The molecule has 5 N–H and O–H groups in total. The third-order valence-corrected chi connectivity index (χ3v) is 6.43. The summed E-state index contributed by atoms with van der Waals surface area (Å²) in [6, 6.07) is 15.8. The van der Waals surface area contributed by atoms with Gasteiger partial charge in [0, 0.05) is 68.6 Å². The predicted molar refractivity (Wildman–Crippen MR) is 142 cm³/mol. The third-order valence-electron chi connectivity index (χ3n) is 6.43. The van der Waals surface area contributed by atoms with E-state index in [1.807, 2.05) is 7.05 Å². The fraction of sp³-hybridized carbons (Fsp3) is 0.500. The molecule has 0 saturated carbocycles. The molecule has 0 fully saturated rings. The Balaban J connectivity index is 1.69. The number of hydrogen-bond donors (Lipinski definition) is 3. The minimum Gasteiger partial charge on any atom is -0.377 e. The van der Waals surface area contributed by atoms with Crippen molar-refractivity contribution in [3.8, 4) is 0 Å². The summed E-state index contributed by atoms with van der Waals surface area (Å²) < 4.78 is 2.47. The van der Waals surface area contributed by atoms with Crippen LogP contribution in [-0.4, -0.2) is 40.1 Å². The van der Waals surface area contributed by atoms with E-state index >= 15 is 0 Å². The maximum absolute atomic E-state index is 12.1. The number of amides is 1. The van der Waals surface area contributed by atoms with E-state index < -0.39 is 0 Å². The van der Waals surface area contributed by atoms with Crippen LogP contribution in [0.4, 0.5) is 5.69 Å². The van der Waals surface area contributed by atoms with Gasteiger partial charge in [0.05, 0.1) is 6.54 Å². The lowest BCUT2D eigenvalue weighted by Gasteiger charge is -2.14. The van der Waals surface area contributed by atoms with Crippen molar-refractivity contribution in [2.24, 2.45) is 0 Å². The van der Waals surface area contributed by atoms with Crippen LogP contribution in [0, 0.1) is 0 Å². The highest BCUT2D eigenvalue weighted by Crippen LogP contribution is 2.24. The summed E-state index contributed by atoms with van der Waals surface area (Å²) in [5, 5.41) is 8.85. The Labute approximate surface area is 204 Å². The first-order valence-electron chi connectivity index (χ1n) is 12.8. The topological polar surface area (TPSA) is 75.9 Å². The smallest absolute Gasteiger partial charge is 0.219 e. The second kappa shape index (κ2) is 13.3. The zero-order chi connectivity index (χ0) is 24.3. The van der Waals surface area contributed by atoms with Gasteiger partial charge in [-0.05, 0) is 69.0 Å². The minimum absolute atomic E-state index is 0.185. The Morgan fingerprint density at radius 3 is 2.38 bits per heavy atom. The van der Waals surface area contributed by atoms with E-state index in [9.17, 15) is 4.79 Å². The van der Waals surface area contributed by atoms with Gasteiger partial charge in [-0.3, -0.25) is 4.79 Å². The largest absolute Gasteiger partial charge is 0.377 e. The highest BCUT2D eigenvalue weighted by atomic mass is 16.1. The van der Waals surface area contributed by atoms with Gasteiger partial charge in [0.2, 0.25) is 16.9 Å². The molecule has 0 radical (unpaired) electrons. The van der Waals surface area contributed by atoms with Crippen LogP contribution in [0.15, 0.2) is 42.5 Å². The number of pyridine rings is 1. The first-order valence-corrected chi connectivity index (χ1v) is 12.8. The van der Waals surface area contributed by atoms with E-state index in [1.54, 1.807) is 0 Å². The molecule has 2 aromatic carbocycles. The SMILES string of the molecule is CNCc1ccc2cc3ccc(N(C)C)cc3[n+](CCCCCC(=O)NCCCCC[NH3+])c2c1. The number of rotatable bonds is 14. The van der Waals surface area contributed by atoms with Crippen molar-refractivity contribution in [3.05, 3.63) is 48.0 Å². The Hall–Kier alpha value is -2.70. The van der Waals surface area contributed by atoms with Gasteiger partial charge in [-0.25, -0.2) is 0 Å². The fourth-order valence-corrected chi connectivity index (χ4v) is 4.49. The van der Waals surface area contributed by atoms with Crippen LogP contribution in [0.2, 0.25) is 0 Å². The maximum atomic E-state index is 12.1. The molecule has 0 atom stereocenters. The van der Waals surface area contributed by atoms with Crippen molar-refractivity contribution >= 4 is 33.4 Å². The average Bonchev–Trinajstić information content (AvgIpc) is 2.83. The highest BCUT2D eigenvalue weighted by Gasteiger charge is 2.17. The molecule has 1 aromatic heterocycles. The van der Waals surface area contributed by atoms with Crippen molar-refractivity contribution in [2.75, 3.05) is 39.1 Å². The molecule has 3 aromatic rings. The second-order valence-electron chi connectivity index (χ2n) is 9.43. The van der Waals surface area contributed by atoms with Gasteiger partial charge in [-0.15, -0.1) is 0 Å². The quantitative estimate of drug-likeness (QED) is 0.194. The normalized spacial score (nSPS) is 11.3. The van der Waals surface area contributed by atoms with Crippen molar-refractivity contribution in [2.45, 2.75) is 58.0 Å². The fourth-order valence-electron chi connectivity index (χ4n) is 4.49. The Kier molecular flexibility index (Phi) is 10.1. The molecule has 0 spiro atoms. The molecule has 0 saturated heterocycles. The van der Waals surface area contributed by atoms with Gasteiger partial charge >= 0.3 is 0 Å². The molecule has 1 amide bonds. The molecule has 6 nitrogen and oxygen atoms in total. The second-order valence-corrected chi connectivity index (χ2v) is 9.43. The Morgan fingerprint density at radius 2 is 1.65 bits per heavy atom. The molecular weight excluding hydrogens is 422 g/mol. The van der Waals surface area contributed by atoms with Crippen molar-refractivity contribution in [3.63, 3.8) is 0 Å². The molecule has 6 heteroatoms. The summed E-state index contributed by atoms with van der Waals surface area (Å²) in [7, 11) is 6.16. The number of unbranched alkanes of at least 4 members (excludes halogenated alkanes) is 4. The summed E-state index contributed by atoms with van der Waals surface area (Å²) in [4.78, 5) is 14.3. The lowest BCUT2D eigenvalue weighted by Crippen LogP contribution is -2.50. The van der Waals surface area contributed by atoms with Crippen LogP contribution in [0.5, 0.6) is 0 Å². The van der Waals surface area contributed by atoms with Crippen molar-refractivity contribution in [1.82, 2.24) is 10.6 Å². The van der Waals surface area contributed by atoms with Crippen molar-refractivity contribution < 1.29 is 15.1 Å². The van der Waals surface area contributed by atoms with Crippen LogP contribution in [-0.2, 0) is 17.9 Å². The van der Waals surface area contributed by atoms with E-state index in [0.717, 1.165) is 64.7 Å². The van der Waals surface area contributed by atoms with Crippen LogP contribution in [0.1, 0.15) is 50.5 Å². The molecule has 0 bridgehead atoms. The van der Waals surface area contributed by atoms with Gasteiger partial charge in [0.25, 0.3) is 0 Å². The number of aromatic nitrogens is 1. The monoisotopic (exact) mass is 465 g/mol. The zero-order valence-electron chi connectivity index (χ0n) is 21.3. The molecule has 0 unspecified atom stereocenters. The molecule has 184 valence electrons. The van der Waals surface area contributed by atoms with E-state index in [-0.39, 0.29) is 5.91 Å². The number of carbonyl (C=O) groups excluding carboxylic acids is 1. The molecule has 0 aliphatic rings. The first kappa shape index (κ1) is 25.9. The van der Waals surface area contributed by atoms with Crippen LogP contribution in [0.25, 0.3) is 21.8 Å². The highest BCUT2D eigenvalue weighted by molar-refractivity contribution is 5.90. The zero-order valence-corrected chi connectivity index (χ0v) is 21.3. The standard InChI is InChI=1S/C28H41N5O/c1-30-21-22-11-12-23-19-24-13-14-25(32(2)3)20-27(24)33(26(23)18-22)17-9-4-6-10-28(34)31-16-8-5-7-15-29/h11-14,18-20,30H,4-10,15-17,21,29H2,1-3H3/p+2. The third kappa shape index (κ3) is 7.15. The molecular formula is C28H43N5O+2. The lowest BCUT2D eigenvalue weighted by atomic mass is 10.1. The number of hydrogen-bond acceptors (Lipinski definition) is 3. The maximum Gasteiger partial charge on any atom is 0.219 e. The van der Waals surface area contributed by atoms with E-state index in [2.05, 4.69) is 82.4 Å². The van der Waals surface area contributed by atoms with E-state index in [1.165, 1.54) is 33.1 Å². The van der Waals surface area contributed by atoms with Crippen LogP contribution < -0.4 is 25.8 Å². The van der Waals surface area contributed by atoms with Crippen molar-refractivity contribution in [1.29, 1.82) is 0 Å². The van der Waals surface area contributed by atoms with Crippen LogP contribution in [0.3, 0.4) is 0 Å². The van der Waals surface area contributed by atoms with E-state index in [4.69, 9.17) is 0 Å². The van der Waals surface area contributed by atoms with Crippen LogP contribution >= 0.6 is 0 Å². The number of carbonyl (C=O) groups is 1. The lowest BCUT2D eigenvalue weighted by molar-refractivity contribution is -0.645. The predicted octanol–water partition coefficient (Wildman–Crippen LogP) is 3.15. The van der Waals surface area contributed by atoms with E-state index in [0.29, 0.717) is 6.42 Å². The van der Waals surface area contributed by atoms with Gasteiger partial charge in [-0.1, -0.05) is 6.07 Å². The number of quaternary nitrogens is 1. The van der Waals surface area contributed by atoms with Gasteiger partial charge in [-0.2, -0.15) is 4.57 Å². The van der Waals surface area contributed by atoms with Gasteiger partial charge in [0.15, 0.2) is 0 Å². The minimum atomic E-state index is 0.185. The number of benzene rings is 2. The number of anilines is 1. The summed E-state index contributed by atoms with van der Waals surface area (Å²) in [5.41, 5.74) is 8.90. The molecule has 1 heterocycles. The molecule has 34 heavy (non-hydrogen) atoms. The summed E-state index contributed by atoms with van der Waals surface area (Å²) in [6.07, 6.45) is 6.99.